The van der Waals surface area contributed by atoms with Crippen LogP contribution in [0.4, 0.5) is 11.6 Å². The van der Waals surface area contributed by atoms with Crippen LogP contribution in [0.1, 0.15) is 18.5 Å². The summed E-state index contributed by atoms with van der Waals surface area (Å²) in [5, 5.41) is 7.49. The number of piperidine rings is 1. The summed E-state index contributed by atoms with van der Waals surface area (Å²) in [4.78, 5) is 12.9. The molecule has 0 saturated carbocycles. The molecule has 3 rings (SSSR count). The lowest BCUT2D eigenvalue weighted by Gasteiger charge is -2.32. The molecule has 1 aliphatic rings. The highest BCUT2D eigenvalue weighted by molar-refractivity contribution is 5.47. The number of nitrogens with one attached hydrogen (secondary N) is 1. The first kappa shape index (κ1) is 14.8. The molecule has 0 aliphatic carbocycles. The Kier molecular flexibility index (Phi) is 4.53. The summed E-state index contributed by atoms with van der Waals surface area (Å²) < 4.78 is 4.88. The summed E-state index contributed by atoms with van der Waals surface area (Å²) in [6.45, 7) is 2.97. The molecular formula is C15H22N6O. The van der Waals surface area contributed by atoms with Crippen molar-refractivity contribution in [2.24, 2.45) is 0 Å². The van der Waals surface area contributed by atoms with E-state index in [9.17, 15) is 0 Å². The van der Waals surface area contributed by atoms with Gasteiger partial charge in [-0.2, -0.15) is 0 Å². The third-order valence-corrected chi connectivity index (χ3v) is 3.93. The first-order valence-electron chi connectivity index (χ1n) is 7.58. The topological polar surface area (TPSA) is 70.3 Å². The molecule has 1 N–H and O–H groups in total. The Morgan fingerprint density at radius 2 is 2.14 bits per heavy atom. The van der Waals surface area contributed by atoms with Crippen LogP contribution in [0.5, 0.6) is 0 Å². The van der Waals surface area contributed by atoms with E-state index in [1.54, 1.807) is 12.6 Å². The number of hydrogen-bond acceptors (Lipinski definition) is 7. The standard InChI is InChI=1S/C15H22N6O/c1-20(2)15-9-14(16-11-17-15)18-12-3-6-21(7-4-12)10-13-5-8-22-19-13/h5,8-9,11-12H,3-4,6-7,10H2,1-2H3,(H,16,17,18). The Morgan fingerprint density at radius 3 is 2.82 bits per heavy atom. The molecule has 1 aliphatic heterocycles. The lowest BCUT2D eigenvalue weighted by atomic mass is 10.0. The van der Waals surface area contributed by atoms with Gasteiger partial charge in [0.2, 0.25) is 0 Å². The summed E-state index contributed by atoms with van der Waals surface area (Å²) in [5.74, 6) is 1.81. The van der Waals surface area contributed by atoms with E-state index in [2.05, 4.69) is 25.3 Å². The van der Waals surface area contributed by atoms with Crippen molar-refractivity contribution in [1.82, 2.24) is 20.0 Å². The average Bonchev–Trinajstić information content (AvgIpc) is 3.02. The van der Waals surface area contributed by atoms with Crippen LogP contribution in [0.2, 0.25) is 0 Å². The summed E-state index contributed by atoms with van der Waals surface area (Å²) in [5.41, 5.74) is 0.998. The van der Waals surface area contributed by atoms with Gasteiger partial charge in [-0.3, -0.25) is 4.90 Å². The highest BCUT2D eigenvalue weighted by Crippen LogP contribution is 2.18. The maximum absolute atomic E-state index is 4.88. The fourth-order valence-corrected chi connectivity index (χ4v) is 2.66. The van der Waals surface area contributed by atoms with Crippen LogP contribution in [-0.4, -0.2) is 53.3 Å². The van der Waals surface area contributed by atoms with Gasteiger partial charge in [-0.1, -0.05) is 5.16 Å². The normalized spacial score (nSPS) is 16.6. The number of aromatic nitrogens is 3. The molecule has 0 atom stereocenters. The molecule has 0 amide bonds. The second kappa shape index (κ2) is 6.74. The van der Waals surface area contributed by atoms with Crippen molar-refractivity contribution in [3.63, 3.8) is 0 Å². The van der Waals surface area contributed by atoms with Crippen molar-refractivity contribution in [3.05, 3.63) is 30.4 Å². The van der Waals surface area contributed by atoms with Crippen molar-refractivity contribution in [1.29, 1.82) is 0 Å². The van der Waals surface area contributed by atoms with Crippen molar-refractivity contribution < 1.29 is 4.52 Å². The van der Waals surface area contributed by atoms with Gasteiger partial charge < -0.3 is 14.7 Å². The van der Waals surface area contributed by atoms with E-state index in [0.29, 0.717) is 6.04 Å². The average molecular weight is 302 g/mol. The Hall–Kier alpha value is -2.15. The zero-order chi connectivity index (χ0) is 15.4. The van der Waals surface area contributed by atoms with Gasteiger partial charge in [0.25, 0.3) is 0 Å². The third-order valence-electron chi connectivity index (χ3n) is 3.93. The number of nitrogens with zero attached hydrogens (tertiary/aromatic N) is 5. The van der Waals surface area contributed by atoms with Gasteiger partial charge in [0.05, 0.1) is 5.69 Å². The first-order valence-corrected chi connectivity index (χ1v) is 7.58. The largest absolute Gasteiger partial charge is 0.367 e. The summed E-state index contributed by atoms with van der Waals surface area (Å²) >= 11 is 0. The van der Waals surface area contributed by atoms with Crippen LogP contribution >= 0.6 is 0 Å². The van der Waals surface area contributed by atoms with E-state index < -0.39 is 0 Å². The van der Waals surface area contributed by atoms with Crippen molar-refractivity contribution in [2.45, 2.75) is 25.4 Å². The summed E-state index contributed by atoms with van der Waals surface area (Å²) in [7, 11) is 3.96. The smallest absolute Gasteiger partial charge is 0.133 e. The molecule has 0 unspecified atom stereocenters. The molecule has 1 saturated heterocycles. The Morgan fingerprint density at radius 1 is 1.32 bits per heavy atom. The van der Waals surface area contributed by atoms with E-state index in [4.69, 9.17) is 4.52 Å². The van der Waals surface area contributed by atoms with Crippen molar-refractivity contribution >= 4 is 11.6 Å². The van der Waals surface area contributed by atoms with Crippen LogP contribution in [0.15, 0.2) is 29.2 Å². The van der Waals surface area contributed by atoms with Crippen molar-refractivity contribution in [3.8, 4) is 0 Å². The molecule has 0 radical (unpaired) electrons. The summed E-state index contributed by atoms with van der Waals surface area (Å²) in [6, 6.07) is 4.37. The van der Waals surface area contributed by atoms with Gasteiger partial charge in [0, 0.05) is 51.9 Å². The van der Waals surface area contributed by atoms with Crippen molar-refractivity contribution in [2.75, 3.05) is 37.4 Å². The van der Waals surface area contributed by atoms with E-state index in [1.807, 2.05) is 31.1 Å². The molecule has 2 aromatic rings. The molecule has 7 nitrogen and oxygen atoms in total. The summed E-state index contributed by atoms with van der Waals surface area (Å²) in [6.07, 6.45) is 5.43. The quantitative estimate of drug-likeness (QED) is 0.899. The van der Waals surface area contributed by atoms with E-state index >= 15 is 0 Å². The molecule has 0 spiro atoms. The van der Waals surface area contributed by atoms with Crippen LogP contribution in [0, 0.1) is 0 Å². The van der Waals surface area contributed by atoms with Gasteiger partial charge in [-0.05, 0) is 12.8 Å². The third kappa shape index (κ3) is 3.73. The molecule has 2 aromatic heterocycles. The fourth-order valence-electron chi connectivity index (χ4n) is 2.66. The van der Waals surface area contributed by atoms with Gasteiger partial charge >= 0.3 is 0 Å². The van der Waals surface area contributed by atoms with Gasteiger partial charge in [0.15, 0.2) is 0 Å². The number of hydrogen-bond donors (Lipinski definition) is 1. The number of anilines is 2. The fraction of sp³-hybridized carbons (Fsp3) is 0.533. The maximum atomic E-state index is 4.88. The molecule has 118 valence electrons. The lowest BCUT2D eigenvalue weighted by molar-refractivity contribution is 0.206. The van der Waals surface area contributed by atoms with E-state index in [-0.39, 0.29) is 0 Å². The minimum absolute atomic E-state index is 0.457. The molecule has 0 aromatic carbocycles. The second-order valence-electron chi connectivity index (χ2n) is 5.84. The van der Waals surface area contributed by atoms with Gasteiger partial charge in [-0.15, -0.1) is 0 Å². The first-order chi connectivity index (χ1) is 10.7. The minimum Gasteiger partial charge on any atom is -0.367 e. The monoisotopic (exact) mass is 302 g/mol. The highest BCUT2D eigenvalue weighted by Gasteiger charge is 2.20. The predicted molar refractivity (Wildman–Crippen MR) is 84.8 cm³/mol. The van der Waals surface area contributed by atoms with E-state index in [1.165, 1.54) is 0 Å². The van der Waals surface area contributed by atoms with Crippen LogP contribution in [-0.2, 0) is 6.54 Å². The number of likely N-dealkylation sites (tertiary alicyclic amines) is 1. The molecule has 3 heterocycles. The Labute approximate surface area is 130 Å². The SMILES string of the molecule is CN(C)c1cc(NC2CCN(Cc3ccon3)CC2)ncn1. The molecule has 0 bridgehead atoms. The Bertz CT molecular complexity index is 577. The molecular weight excluding hydrogens is 280 g/mol. The molecule has 22 heavy (non-hydrogen) atoms. The van der Waals surface area contributed by atoms with Crippen LogP contribution in [0.3, 0.4) is 0 Å². The lowest BCUT2D eigenvalue weighted by Crippen LogP contribution is -2.38. The zero-order valence-electron chi connectivity index (χ0n) is 13.1. The van der Waals surface area contributed by atoms with E-state index in [0.717, 1.165) is 49.8 Å². The minimum atomic E-state index is 0.457. The highest BCUT2D eigenvalue weighted by atomic mass is 16.5. The Balaban J connectivity index is 1.50. The van der Waals surface area contributed by atoms with Gasteiger partial charge in [0.1, 0.15) is 24.2 Å². The van der Waals surface area contributed by atoms with Crippen LogP contribution < -0.4 is 10.2 Å². The molecule has 1 fully saturated rings. The van der Waals surface area contributed by atoms with Gasteiger partial charge in [-0.25, -0.2) is 9.97 Å². The number of rotatable bonds is 5. The predicted octanol–water partition coefficient (Wildman–Crippen LogP) is 1.61. The zero-order valence-corrected chi connectivity index (χ0v) is 13.1. The molecule has 7 heteroatoms. The maximum Gasteiger partial charge on any atom is 0.133 e. The second-order valence-corrected chi connectivity index (χ2v) is 5.84. The van der Waals surface area contributed by atoms with Crippen LogP contribution in [0.25, 0.3) is 0 Å².